The molecule has 7 heteroatoms. The Bertz CT molecular complexity index is 572. The number of nitrogens with zero attached hydrogens (tertiary/aromatic N) is 2. The molecule has 0 unspecified atom stereocenters. The van der Waals surface area contributed by atoms with Gasteiger partial charge in [0, 0.05) is 8.95 Å². The number of nitrogens with one attached hydrogen (secondary N) is 1. The van der Waals surface area contributed by atoms with E-state index in [-0.39, 0.29) is 0 Å². The Morgan fingerprint density at radius 1 is 1.26 bits per heavy atom. The van der Waals surface area contributed by atoms with Gasteiger partial charge in [-0.05, 0) is 50.9 Å². The van der Waals surface area contributed by atoms with Gasteiger partial charge in [0.2, 0.25) is 5.88 Å². The van der Waals surface area contributed by atoms with Crippen molar-refractivity contribution in [1.29, 1.82) is 0 Å². The van der Waals surface area contributed by atoms with Crippen LogP contribution in [0.5, 0.6) is 5.88 Å². The zero-order chi connectivity index (χ0) is 13.8. The number of rotatable bonds is 4. The summed E-state index contributed by atoms with van der Waals surface area (Å²) in [6, 6.07) is 5.77. The highest BCUT2D eigenvalue weighted by Gasteiger charge is 2.12. The molecule has 2 aromatic rings. The maximum atomic E-state index is 5.97. The first kappa shape index (κ1) is 14.1. The summed E-state index contributed by atoms with van der Waals surface area (Å²) in [4.78, 5) is 8.12. The van der Waals surface area contributed by atoms with Gasteiger partial charge in [0.05, 0.1) is 12.3 Å². The smallest absolute Gasteiger partial charge is 0.242 e. The van der Waals surface area contributed by atoms with Gasteiger partial charge in [-0.25, -0.2) is 4.98 Å². The third-order valence-corrected chi connectivity index (χ3v) is 3.66. The van der Waals surface area contributed by atoms with Crippen LogP contribution in [0.1, 0.15) is 6.92 Å². The number of hydrogen-bond donors (Lipinski definition) is 2. The fourth-order valence-electron chi connectivity index (χ4n) is 1.47. The first-order valence-corrected chi connectivity index (χ1v) is 7.16. The standard InChI is InChI=1S/C12H12Br2N4O/c1-2-19-12-9(15)11(16-6-17-12)18-10-7(13)4-3-5-8(10)14/h3-6H,2,15H2,1H3,(H,16,17,18). The lowest BCUT2D eigenvalue weighted by Gasteiger charge is -2.13. The lowest BCUT2D eigenvalue weighted by Crippen LogP contribution is -2.05. The highest BCUT2D eigenvalue weighted by molar-refractivity contribution is 9.11. The van der Waals surface area contributed by atoms with Gasteiger partial charge in [-0.2, -0.15) is 4.98 Å². The van der Waals surface area contributed by atoms with Crippen molar-refractivity contribution in [2.24, 2.45) is 0 Å². The van der Waals surface area contributed by atoms with Crippen molar-refractivity contribution in [1.82, 2.24) is 9.97 Å². The summed E-state index contributed by atoms with van der Waals surface area (Å²) in [6.07, 6.45) is 1.41. The predicted molar refractivity (Wildman–Crippen MR) is 82.7 cm³/mol. The van der Waals surface area contributed by atoms with Gasteiger partial charge in [-0.1, -0.05) is 6.07 Å². The summed E-state index contributed by atoms with van der Waals surface area (Å²) in [5.74, 6) is 0.884. The van der Waals surface area contributed by atoms with Crippen molar-refractivity contribution in [3.05, 3.63) is 33.5 Å². The molecule has 1 aromatic heterocycles. The molecule has 0 fully saturated rings. The van der Waals surface area contributed by atoms with Crippen LogP contribution >= 0.6 is 31.9 Å². The molecule has 0 spiro atoms. The largest absolute Gasteiger partial charge is 0.476 e. The summed E-state index contributed by atoms with van der Waals surface area (Å²) in [5.41, 5.74) is 7.20. The van der Waals surface area contributed by atoms with Gasteiger partial charge in [-0.15, -0.1) is 0 Å². The second-order valence-electron chi connectivity index (χ2n) is 3.60. The highest BCUT2D eigenvalue weighted by Crippen LogP contribution is 2.35. The maximum absolute atomic E-state index is 5.97. The minimum Gasteiger partial charge on any atom is -0.476 e. The third-order valence-electron chi connectivity index (χ3n) is 2.33. The molecule has 0 aliphatic rings. The molecule has 0 saturated carbocycles. The number of para-hydroxylation sites is 1. The molecule has 0 aliphatic heterocycles. The van der Waals surface area contributed by atoms with Crippen molar-refractivity contribution in [2.75, 3.05) is 17.7 Å². The summed E-state index contributed by atoms with van der Waals surface area (Å²) >= 11 is 6.94. The fourth-order valence-corrected chi connectivity index (χ4v) is 2.66. The van der Waals surface area contributed by atoms with Crippen molar-refractivity contribution in [3.8, 4) is 5.88 Å². The average molecular weight is 388 g/mol. The molecule has 0 atom stereocenters. The van der Waals surface area contributed by atoms with Crippen LogP contribution < -0.4 is 15.8 Å². The summed E-state index contributed by atoms with van der Waals surface area (Å²) in [7, 11) is 0. The van der Waals surface area contributed by atoms with Crippen LogP contribution in [-0.2, 0) is 0 Å². The van der Waals surface area contributed by atoms with E-state index in [4.69, 9.17) is 10.5 Å². The monoisotopic (exact) mass is 386 g/mol. The SMILES string of the molecule is CCOc1ncnc(Nc2c(Br)cccc2Br)c1N. The Kier molecular flexibility index (Phi) is 4.60. The molecule has 0 bridgehead atoms. The molecular weight excluding hydrogens is 376 g/mol. The lowest BCUT2D eigenvalue weighted by atomic mass is 10.3. The van der Waals surface area contributed by atoms with Crippen LogP contribution in [-0.4, -0.2) is 16.6 Å². The normalized spacial score (nSPS) is 10.3. The summed E-state index contributed by atoms with van der Waals surface area (Å²) in [6.45, 7) is 2.37. The Hall–Kier alpha value is -1.34. The molecule has 19 heavy (non-hydrogen) atoms. The number of benzene rings is 1. The van der Waals surface area contributed by atoms with Gasteiger partial charge in [0.1, 0.15) is 12.0 Å². The predicted octanol–water partition coefficient (Wildman–Crippen LogP) is 3.73. The van der Waals surface area contributed by atoms with Crippen molar-refractivity contribution >= 4 is 49.1 Å². The first-order chi connectivity index (χ1) is 9.13. The fraction of sp³-hybridized carbons (Fsp3) is 0.167. The van der Waals surface area contributed by atoms with E-state index in [2.05, 4.69) is 47.1 Å². The number of hydrogen-bond acceptors (Lipinski definition) is 5. The number of halogens is 2. The average Bonchev–Trinajstić information content (AvgIpc) is 2.38. The Morgan fingerprint density at radius 3 is 2.58 bits per heavy atom. The van der Waals surface area contributed by atoms with Crippen molar-refractivity contribution in [3.63, 3.8) is 0 Å². The molecule has 0 saturated heterocycles. The van der Waals surface area contributed by atoms with E-state index in [0.29, 0.717) is 24.0 Å². The highest BCUT2D eigenvalue weighted by atomic mass is 79.9. The van der Waals surface area contributed by atoms with E-state index in [1.165, 1.54) is 6.33 Å². The molecule has 1 aromatic carbocycles. The Balaban J connectivity index is 2.36. The molecule has 0 radical (unpaired) electrons. The topological polar surface area (TPSA) is 73.1 Å². The van der Waals surface area contributed by atoms with E-state index in [1.54, 1.807) is 0 Å². The van der Waals surface area contributed by atoms with Gasteiger partial charge in [0.25, 0.3) is 0 Å². The lowest BCUT2D eigenvalue weighted by molar-refractivity contribution is 0.328. The molecule has 5 nitrogen and oxygen atoms in total. The minimum atomic E-state index is 0.378. The summed E-state index contributed by atoms with van der Waals surface area (Å²) < 4.78 is 7.14. The van der Waals surface area contributed by atoms with E-state index >= 15 is 0 Å². The van der Waals surface area contributed by atoms with Crippen LogP contribution in [0, 0.1) is 0 Å². The second kappa shape index (κ2) is 6.21. The van der Waals surface area contributed by atoms with Crippen LogP contribution in [0.3, 0.4) is 0 Å². The van der Waals surface area contributed by atoms with Gasteiger partial charge >= 0.3 is 0 Å². The van der Waals surface area contributed by atoms with Crippen LogP contribution in [0.25, 0.3) is 0 Å². The molecule has 2 rings (SSSR count). The van der Waals surface area contributed by atoms with Gasteiger partial charge in [0.15, 0.2) is 5.82 Å². The number of nitrogen functional groups attached to an aromatic ring is 1. The van der Waals surface area contributed by atoms with Crippen LogP contribution in [0.4, 0.5) is 17.2 Å². The second-order valence-corrected chi connectivity index (χ2v) is 5.30. The van der Waals surface area contributed by atoms with E-state index in [0.717, 1.165) is 14.6 Å². The molecule has 1 heterocycles. The minimum absolute atomic E-state index is 0.378. The number of anilines is 3. The van der Waals surface area contributed by atoms with Crippen molar-refractivity contribution < 1.29 is 4.74 Å². The number of aromatic nitrogens is 2. The zero-order valence-electron chi connectivity index (χ0n) is 10.2. The quantitative estimate of drug-likeness (QED) is 0.836. The number of ether oxygens (including phenoxy) is 1. The molecule has 100 valence electrons. The van der Waals surface area contributed by atoms with Crippen LogP contribution in [0.15, 0.2) is 33.5 Å². The first-order valence-electron chi connectivity index (χ1n) is 5.57. The number of nitrogens with two attached hydrogens (primary N) is 1. The third kappa shape index (κ3) is 3.16. The van der Waals surface area contributed by atoms with Gasteiger partial charge in [-0.3, -0.25) is 0 Å². The molecule has 0 aliphatic carbocycles. The Morgan fingerprint density at radius 2 is 1.95 bits per heavy atom. The van der Waals surface area contributed by atoms with E-state index in [1.807, 2.05) is 25.1 Å². The molecule has 3 N–H and O–H groups in total. The van der Waals surface area contributed by atoms with E-state index in [9.17, 15) is 0 Å². The van der Waals surface area contributed by atoms with Crippen LogP contribution in [0.2, 0.25) is 0 Å². The van der Waals surface area contributed by atoms with Crippen molar-refractivity contribution in [2.45, 2.75) is 6.92 Å². The Labute approximate surface area is 127 Å². The molecular formula is C12H12Br2N4O. The maximum Gasteiger partial charge on any atom is 0.242 e. The van der Waals surface area contributed by atoms with E-state index < -0.39 is 0 Å². The van der Waals surface area contributed by atoms with Gasteiger partial charge < -0.3 is 15.8 Å². The zero-order valence-corrected chi connectivity index (χ0v) is 13.3. The summed E-state index contributed by atoms with van der Waals surface area (Å²) in [5, 5.41) is 3.16. The molecule has 0 amide bonds.